The lowest BCUT2D eigenvalue weighted by molar-refractivity contribution is -0.186. The largest absolute Gasteiger partial charge is 0.475 e. The van der Waals surface area contributed by atoms with Gasteiger partial charge in [0.1, 0.15) is 5.76 Å². The van der Waals surface area contributed by atoms with Gasteiger partial charge in [0.15, 0.2) is 5.79 Å². The summed E-state index contributed by atoms with van der Waals surface area (Å²) in [6, 6.07) is 1.80. The summed E-state index contributed by atoms with van der Waals surface area (Å²) in [6.45, 7) is 5.47. The van der Waals surface area contributed by atoms with Crippen molar-refractivity contribution in [1.82, 2.24) is 4.90 Å². The van der Waals surface area contributed by atoms with Crippen molar-refractivity contribution in [3.05, 3.63) is 23.2 Å². The number of furan rings is 1. The summed E-state index contributed by atoms with van der Waals surface area (Å²) in [5.41, 5.74) is 0.670. The number of ether oxygens (including phenoxy) is 2. The van der Waals surface area contributed by atoms with Gasteiger partial charge in [0, 0.05) is 31.5 Å². The van der Waals surface area contributed by atoms with Crippen LogP contribution in [0.1, 0.15) is 34.7 Å². The van der Waals surface area contributed by atoms with Crippen LogP contribution in [0.3, 0.4) is 0 Å². The Labute approximate surface area is 117 Å². The molecule has 110 valence electrons. The van der Waals surface area contributed by atoms with E-state index in [-0.39, 0.29) is 11.5 Å². The summed E-state index contributed by atoms with van der Waals surface area (Å²) in [7, 11) is 0. The quantitative estimate of drug-likeness (QED) is 0.907. The van der Waals surface area contributed by atoms with E-state index in [0.29, 0.717) is 31.1 Å². The predicted octanol–water partition coefficient (Wildman–Crippen LogP) is 1.63. The van der Waals surface area contributed by atoms with E-state index in [4.69, 9.17) is 19.0 Å². The molecule has 1 N–H and O–H groups in total. The molecular formula is C14H19NO5. The number of hydrogen-bond donors (Lipinski definition) is 1. The number of carboxylic acid groups (broad SMARTS) is 1. The zero-order valence-corrected chi connectivity index (χ0v) is 11.6. The standard InChI is InChI=1S/C14H19NO5/c1-10-8-11(20-12(10)13(16)17)9-15-4-2-14(3-5-15)18-6-7-19-14/h8H,2-7,9H2,1H3,(H,16,17). The van der Waals surface area contributed by atoms with Crippen molar-refractivity contribution in [2.45, 2.75) is 32.1 Å². The average Bonchev–Trinajstić information content (AvgIpc) is 3.00. The molecule has 0 saturated carbocycles. The van der Waals surface area contributed by atoms with E-state index < -0.39 is 5.97 Å². The molecule has 2 fully saturated rings. The fourth-order valence-corrected chi connectivity index (χ4v) is 2.90. The molecule has 1 aromatic heterocycles. The lowest BCUT2D eigenvalue weighted by atomic mass is 10.0. The number of hydrogen-bond acceptors (Lipinski definition) is 5. The van der Waals surface area contributed by atoms with Crippen LogP contribution in [0, 0.1) is 6.92 Å². The highest BCUT2D eigenvalue weighted by Gasteiger charge is 2.39. The molecule has 0 unspecified atom stereocenters. The number of carboxylic acids is 1. The predicted molar refractivity (Wildman–Crippen MR) is 69.6 cm³/mol. The van der Waals surface area contributed by atoms with Crippen molar-refractivity contribution < 1.29 is 23.8 Å². The molecule has 1 aromatic rings. The second-order valence-corrected chi connectivity index (χ2v) is 5.41. The summed E-state index contributed by atoms with van der Waals surface area (Å²) in [5, 5.41) is 8.98. The topological polar surface area (TPSA) is 72.1 Å². The van der Waals surface area contributed by atoms with Crippen LogP contribution in [0.25, 0.3) is 0 Å². The van der Waals surface area contributed by atoms with E-state index in [1.807, 2.05) is 0 Å². The Hall–Kier alpha value is -1.37. The van der Waals surface area contributed by atoms with Gasteiger partial charge in [-0.1, -0.05) is 0 Å². The molecule has 0 aromatic carbocycles. The van der Waals surface area contributed by atoms with Crippen molar-refractivity contribution in [2.24, 2.45) is 0 Å². The monoisotopic (exact) mass is 281 g/mol. The first-order valence-corrected chi connectivity index (χ1v) is 6.91. The number of nitrogens with zero attached hydrogens (tertiary/aromatic N) is 1. The van der Waals surface area contributed by atoms with E-state index >= 15 is 0 Å². The van der Waals surface area contributed by atoms with E-state index in [9.17, 15) is 4.79 Å². The highest BCUT2D eigenvalue weighted by atomic mass is 16.7. The molecule has 6 heteroatoms. The normalized spacial score (nSPS) is 22.4. The van der Waals surface area contributed by atoms with Gasteiger partial charge in [0.05, 0.1) is 19.8 Å². The number of piperidine rings is 1. The van der Waals surface area contributed by atoms with Gasteiger partial charge in [-0.05, 0) is 13.0 Å². The second kappa shape index (κ2) is 5.20. The lowest BCUT2D eigenvalue weighted by Crippen LogP contribution is -2.44. The highest BCUT2D eigenvalue weighted by molar-refractivity contribution is 5.86. The number of aryl methyl sites for hydroxylation is 1. The minimum Gasteiger partial charge on any atom is -0.475 e. The Balaban J connectivity index is 1.59. The van der Waals surface area contributed by atoms with Gasteiger partial charge in [-0.25, -0.2) is 4.79 Å². The molecule has 0 bridgehead atoms. The molecule has 1 spiro atoms. The number of rotatable bonds is 3. The molecule has 3 rings (SSSR count). The van der Waals surface area contributed by atoms with Crippen LogP contribution in [-0.4, -0.2) is 48.1 Å². The van der Waals surface area contributed by atoms with Crippen LogP contribution in [0.15, 0.2) is 10.5 Å². The molecule has 0 aliphatic carbocycles. The summed E-state index contributed by atoms with van der Waals surface area (Å²) >= 11 is 0. The minimum absolute atomic E-state index is 0.0379. The van der Waals surface area contributed by atoms with Crippen LogP contribution in [0.4, 0.5) is 0 Å². The van der Waals surface area contributed by atoms with Crippen LogP contribution in [0.5, 0.6) is 0 Å². The van der Waals surface area contributed by atoms with E-state index in [0.717, 1.165) is 25.9 Å². The van der Waals surface area contributed by atoms with Crippen molar-refractivity contribution in [3.8, 4) is 0 Å². The molecule has 0 amide bonds. The van der Waals surface area contributed by atoms with E-state index in [2.05, 4.69) is 4.90 Å². The van der Waals surface area contributed by atoms with Crippen molar-refractivity contribution >= 4 is 5.97 Å². The fraction of sp³-hybridized carbons (Fsp3) is 0.643. The van der Waals surface area contributed by atoms with Crippen LogP contribution in [-0.2, 0) is 16.0 Å². The molecule has 3 heterocycles. The zero-order chi connectivity index (χ0) is 14.2. The smallest absolute Gasteiger partial charge is 0.372 e. The minimum atomic E-state index is -1.01. The van der Waals surface area contributed by atoms with Gasteiger partial charge in [-0.2, -0.15) is 0 Å². The highest BCUT2D eigenvalue weighted by Crippen LogP contribution is 2.31. The Morgan fingerprint density at radius 3 is 2.55 bits per heavy atom. The first-order chi connectivity index (χ1) is 9.58. The lowest BCUT2D eigenvalue weighted by Gasteiger charge is -2.37. The third-order valence-corrected chi connectivity index (χ3v) is 3.97. The van der Waals surface area contributed by atoms with Gasteiger partial charge in [0.2, 0.25) is 5.76 Å². The van der Waals surface area contributed by atoms with Gasteiger partial charge in [-0.3, -0.25) is 4.90 Å². The molecule has 0 atom stereocenters. The molecule has 0 radical (unpaired) electrons. The van der Waals surface area contributed by atoms with Gasteiger partial charge in [-0.15, -0.1) is 0 Å². The summed E-state index contributed by atoms with van der Waals surface area (Å²) < 4.78 is 16.8. The maximum absolute atomic E-state index is 11.0. The Morgan fingerprint density at radius 1 is 1.35 bits per heavy atom. The zero-order valence-electron chi connectivity index (χ0n) is 11.6. The van der Waals surface area contributed by atoms with Gasteiger partial charge >= 0.3 is 5.97 Å². The first kappa shape index (κ1) is 13.6. The van der Waals surface area contributed by atoms with E-state index in [1.54, 1.807) is 13.0 Å². The number of aromatic carboxylic acids is 1. The van der Waals surface area contributed by atoms with Crippen molar-refractivity contribution in [3.63, 3.8) is 0 Å². The Bertz CT molecular complexity index is 494. The summed E-state index contributed by atoms with van der Waals surface area (Å²) in [6.07, 6.45) is 1.69. The van der Waals surface area contributed by atoms with Gasteiger partial charge < -0.3 is 19.0 Å². The second-order valence-electron chi connectivity index (χ2n) is 5.41. The van der Waals surface area contributed by atoms with Crippen LogP contribution < -0.4 is 0 Å². The maximum atomic E-state index is 11.0. The van der Waals surface area contributed by atoms with Crippen LogP contribution >= 0.6 is 0 Å². The summed E-state index contributed by atoms with van der Waals surface area (Å²) in [4.78, 5) is 13.2. The van der Waals surface area contributed by atoms with E-state index in [1.165, 1.54) is 0 Å². The number of likely N-dealkylation sites (tertiary alicyclic amines) is 1. The Kier molecular flexibility index (Phi) is 3.54. The molecule has 6 nitrogen and oxygen atoms in total. The Morgan fingerprint density at radius 2 is 2.00 bits per heavy atom. The molecule has 2 aliphatic rings. The third kappa shape index (κ3) is 2.59. The molecule has 2 saturated heterocycles. The SMILES string of the molecule is Cc1cc(CN2CCC3(CC2)OCCO3)oc1C(=O)O. The molecule has 20 heavy (non-hydrogen) atoms. The average molecular weight is 281 g/mol. The maximum Gasteiger partial charge on any atom is 0.372 e. The van der Waals surface area contributed by atoms with Crippen molar-refractivity contribution in [2.75, 3.05) is 26.3 Å². The molecule has 2 aliphatic heterocycles. The molecular weight excluding hydrogens is 262 g/mol. The van der Waals surface area contributed by atoms with Crippen molar-refractivity contribution in [1.29, 1.82) is 0 Å². The first-order valence-electron chi connectivity index (χ1n) is 6.91. The van der Waals surface area contributed by atoms with Crippen LogP contribution in [0.2, 0.25) is 0 Å². The summed E-state index contributed by atoms with van der Waals surface area (Å²) in [5.74, 6) is -0.652. The number of carbonyl (C=O) groups is 1. The van der Waals surface area contributed by atoms with Gasteiger partial charge in [0.25, 0.3) is 0 Å². The fourth-order valence-electron chi connectivity index (χ4n) is 2.90. The third-order valence-electron chi connectivity index (χ3n) is 3.97.